The average molecular weight is 335 g/mol. The second-order valence-electron chi connectivity index (χ2n) is 4.99. The van der Waals surface area contributed by atoms with Crippen LogP contribution in [0.2, 0.25) is 13.3 Å². The minimum absolute atomic E-state index is 1.05. The molecule has 0 bridgehead atoms. The molecule has 16 heavy (non-hydrogen) atoms. The van der Waals surface area contributed by atoms with Gasteiger partial charge in [0, 0.05) is 0 Å². The van der Waals surface area contributed by atoms with E-state index in [9.17, 15) is 0 Å². The first-order valence-electron chi connectivity index (χ1n) is 7.38. The molecular weight excluding hydrogens is 303 g/mol. The topological polar surface area (TPSA) is 9.23 Å². The summed E-state index contributed by atoms with van der Waals surface area (Å²) in [6.45, 7) is 10.3. The summed E-state index contributed by atoms with van der Waals surface area (Å²) in [6, 6.07) is 0. The van der Waals surface area contributed by atoms with Gasteiger partial charge in [0.25, 0.3) is 0 Å². The van der Waals surface area contributed by atoms with Gasteiger partial charge in [-0.15, -0.1) is 0 Å². The molecule has 2 heteroatoms. The van der Waals surface area contributed by atoms with E-state index in [-0.39, 0.29) is 0 Å². The van der Waals surface area contributed by atoms with Crippen LogP contribution in [-0.2, 0) is 3.07 Å². The van der Waals surface area contributed by atoms with Crippen molar-refractivity contribution in [3.05, 3.63) is 0 Å². The first-order chi connectivity index (χ1) is 7.74. The maximum atomic E-state index is 6.46. The van der Waals surface area contributed by atoms with Crippen LogP contribution in [0.4, 0.5) is 0 Å². The second kappa shape index (κ2) is 10.9. The van der Waals surface area contributed by atoms with Crippen LogP contribution in [0.5, 0.6) is 0 Å². The zero-order chi connectivity index (χ0) is 12.3. The standard InChI is InChI=1S/C4H9O.C4H9.2C3H7.Sn/c1-2-3-4-5;1-3-4-2;2*1-3-2;/h2-4H2,1H3;1,3-4H2,2H3;2*1,3H2,2H3;/q-1;;;;+1. The van der Waals surface area contributed by atoms with Crippen LogP contribution in [0.25, 0.3) is 0 Å². The van der Waals surface area contributed by atoms with Crippen molar-refractivity contribution in [1.29, 1.82) is 0 Å². The van der Waals surface area contributed by atoms with Crippen molar-refractivity contribution in [2.75, 3.05) is 6.61 Å². The van der Waals surface area contributed by atoms with Crippen LogP contribution in [0.15, 0.2) is 0 Å². The fourth-order valence-electron chi connectivity index (χ4n) is 2.43. The molecule has 1 nitrogen and oxygen atoms in total. The zero-order valence-electron chi connectivity index (χ0n) is 12.0. The van der Waals surface area contributed by atoms with Gasteiger partial charge in [0.15, 0.2) is 0 Å². The van der Waals surface area contributed by atoms with Crippen LogP contribution in [0.3, 0.4) is 0 Å². The molecule has 0 fully saturated rings. The SMILES string of the molecule is CCCC[O][Sn]([CH2]CC)([CH2]CC)[CH2]CCC. The van der Waals surface area contributed by atoms with E-state index >= 15 is 0 Å². The third-order valence-corrected chi connectivity index (χ3v) is 17.3. The van der Waals surface area contributed by atoms with Crippen LogP contribution in [0.1, 0.15) is 66.2 Å². The Hall–Kier alpha value is 0.759. The Morgan fingerprint density at radius 1 is 0.688 bits per heavy atom. The fourth-order valence-corrected chi connectivity index (χ4v) is 15.5. The van der Waals surface area contributed by atoms with Crippen LogP contribution >= 0.6 is 0 Å². The van der Waals surface area contributed by atoms with Gasteiger partial charge in [-0.25, -0.2) is 0 Å². The number of hydrogen-bond acceptors (Lipinski definition) is 1. The van der Waals surface area contributed by atoms with Gasteiger partial charge < -0.3 is 0 Å². The Bertz CT molecular complexity index is 142. The Kier molecular flexibility index (Phi) is 11.4. The molecule has 0 aliphatic carbocycles. The van der Waals surface area contributed by atoms with Crippen LogP contribution in [0, 0.1) is 0 Å². The zero-order valence-corrected chi connectivity index (χ0v) is 14.8. The molecule has 0 aliphatic rings. The summed E-state index contributed by atoms with van der Waals surface area (Å²) >= 11 is -2.15. The molecule has 0 aromatic rings. The van der Waals surface area contributed by atoms with Crippen LogP contribution < -0.4 is 0 Å². The van der Waals surface area contributed by atoms with E-state index in [4.69, 9.17) is 3.07 Å². The third kappa shape index (κ3) is 7.16. The Morgan fingerprint density at radius 2 is 1.25 bits per heavy atom. The molecular formula is C14H32OSn. The molecule has 0 heterocycles. The van der Waals surface area contributed by atoms with E-state index in [2.05, 4.69) is 27.7 Å². The van der Waals surface area contributed by atoms with Gasteiger partial charge in [0.1, 0.15) is 0 Å². The van der Waals surface area contributed by atoms with E-state index in [0.717, 1.165) is 6.61 Å². The number of hydrogen-bond donors (Lipinski definition) is 0. The molecule has 0 amide bonds. The predicted octanol–water partition coefficient (Wildman–Crippen LogP) is 5.37. The predicted molar refractivity (Wildman–Crippen MR) is 76.5 cm³/mol. The monoisotopic (exact) mass is 336 g/mol. The molecule has 98 valence electrons. The maximum absolute atomic E-state index is 6.46. The van der Waals surface area contributed by atoms with Crippen molar-refractivity contribution in [3.63, 3.8) is 0 Å². The Labute approximate surface area is 108 Å². The molecule has 0 atom stereocenters. The molecule has 0 spiro atoms. The summed E-state index contributed by atoms with van der Waals surface area (Å²) < 4.78 is 10.8. The summed E-state index contributed by atoms with van der Waals surface area (Å²) in [5.41, 5.74) is 0. The molecule has 0 aliphatic heterocycles. The first-order valence-corrected chi connectivity index (χ1v) is 14.6. The third-order valence-electron chi connectivity index (χ3n) is 3.30. The second-order valence-corrected chi connectivity index (χ2v) is 16.8. The van der Waals surface area contributed by atoms with Gasteiger partial charge in [-0.05, 0) is 0 Å². The summed E-state index contributed by atoms with van der Waals surface area (Å²) in [7, 11) is 0. The summed E-state index contributed by atoms with van der Waals surface area (Å²) in [6.07, 6.45) is 7.95. The molecule has 0 saturated carbocycles. The van der Waals surface area contributed by atoms with E-state index < -0.39 is 18.8 Å². The van der Waals surface area contributed by atoms with E-state index in [1.807, 2.05) is 0 Å². The quantitative estimate of drug-likeness (QED) is 0.364. The molecule has 0 aromatic heterocycles. The van der Waals surface area contributed by atoms with Crippen LogP contribution in [-0.4, -0.2) is 25.4 Å². The van der Waals surface area contributed by atoms with Crippen molar-refractivity contribution in [2.45, 2.75) is 79.5 Å². The summed E-state index contributed by atoms with van der Waals surface area (Å²) in [5, 5.41) is 0. The van der Waals surface area contributed by atoms with Crippen molar-refractivity contribution >= 4 is 18.8 Å². The van der Waals surface area contributed by atoms with E-state index in [1.54, 1.807) is 0 Å². The first kappa shape index (κ1) is 16.8. The van der Waals surface area contributed by atoms with Crippen molar-refractivity contribution in [1.82, 2.24) is 0 Å². The van der Waals surface area contributed by atoms with Gasteiger partial charge in [0.05, 0.1) is 0 Å². The Morgan fingerprint density at radius 3 is 1.69 bits per heavy atom. The van der Waals surface area contributed by atoms with Crippen molar-refractivity contribution in [3.8, 4) is 0 Å². The molecule has 0 unspecified atom stereocenters. The van der Waals surface area contributed by atoms with Crippen molar-refractivity contribution < 1.29 is 3.07 Å². The summed E-state index contributed by atoms with van der Waals surface area (Å²) in [5.74, 6) is 0. The van der Waals surface area contributed by atoms with Crippen molar-refractivity contribution in [2.24, 2.45) is 0 Å². The van der Waals surface area contributed by atoms with E-state index in [1.165, 1.54) is 51.8 Å². The van der Waals surface area contributed by atoms with Gasteiger partial charge in [-0.2, -0.15) is 0 Å². The summed E-state index contributed by atoms with van der Waals surface area (Å²) in [4.78, 5) is 0. The number of unbranched alkanes of at least 4 members (excludes halogenated alkanes) is 2. The molecule has 0 saturated heterocycles. The van der Waals surface area contributed by atoms with Gasteiger partial charge >= 0.3 is 108 Å². The number of rotatable bonds is 11. The minimum atomic E-state index is -2.15. The van der Waals surface area contributed by atoms with Gasteiger partial charge in [0.2, 0.25) is 0 Å². The van der Waals surface area contributed by atoms with E-state index in [0.29, 0.717) is 0 Å². The molecule has 0 rings (SSSR count). The molecule has 0 radical (unpaired) electrons. The van der Waals surface area contributed by atoms with Gasteiger partial charge in [-0.1, -0.05) is 0 Å². The molecule has 0 N–H and O–H groups in total. The normalized spacial score (nSPS) is 12.0. The average Bonchev–Trinajstić information content (AvgIpc) is 2.27. The Balaban J connectivity index is 4.24. The fraction of sp³-hybridized carbons (Fsp3) is 1.00. The molecule has 0 aromatic carbocycles. The van der Waals surface area contributed by atoms with Gasteiger partial charge in [-0.3, -0.25) is 0 Å².